The summed E-state index contributed by atoms with van der Waals surface area (Å²) < 4.78 is 1.09. The van der Waals surface area contributed by atoms with Crippen LogP contribution in [0.25, 0.3) is 0 Å². The molecule has 0 aliphatic carbocycles. The third kappa shape index (κ3) is 4.34. The molecule has 0 spiro atoms. The zero-order chi connectivity index (χ0) is 14.4. The number of carbonyl (C=O) groups excluding carboxylic acids is 1. The Bertz CT molecular complexity index is 431. The minimum atomic E-state index is 0.227. The van der Waals surface area contributed by atoms with Gasteiger partial charge in [0.05, 0.1) is 0 Å². The number of hydrogen-bond acceptors (Lipinski definition) is 1. The molecule has 0 heterocycles. The zero-order valence-corrected chi connectivity index (χ0v) is 14.0. The van der Waals surface area contributed by atoms with Crippen molar-refractivity contribution >= 4 is 27.5 Å². The lowest BCUT2D eigenvalue weighted by Gasteiger charge is -2.30. The molecule has 1 aromatic rings. The highest BCUT2D eigenvalue weighted by atomic mass is 79.9. The van der Waals surface area contributed by atoms with Gasteiger partial charge in [-0.2, -0.15) is 0 Å². The van der Waals surface area contributed by atoms with E-state index in [1.54, 1.807) is 0 Å². The van der Waals surface area contributed by atoms with Crippen LogP contribution in [0.3, 0.4) is 0 Å². The summed E-state index contributed by atoms with van der Waals surface area (Å²) in [6.45, 7) is 8.40. The minimum absolute atomic E-state index is 0.227. The molecule has 1 rings (SSSR count). The topological polar surface area (TPSA) is 20.3 Å². The fourth-order valence-electron chi connectivity index (χ4n) is 2.30. The van der Waals surface area contributed by atoms with Gasteiger partial charge in [-0.1, -0.05) is 36.2 Å². The first-order chi connectivity index (χ1) is 9.01. The lowest BCUT2D eigenvalue weighted by atomic mass is 10.1. The van der Waals surface area contributed by atoms with Crippen molar-refractivity contribution < 1.29 is 4.79 Å². The third-order valence-electron chi connectivity index (χ3n) is 3.30. The maximum Gasteiger partial charge on any atom is 0.227 e. The Kier molecular flexibility index (Phi) is 6.56. The maximum atomic E-state index is 12.4. The van der Waals surface area contributed by atoms with Gasteiger partial charge in [0, 0.05) is 22.6 Å². The molecule has 0 saturated carbocycles. The molecular weight excluding hydrogens is 302 g/mol. The van der Waals surface area contributed by atoms with Crippen LogP contribution >= 0.6 is 15.9 Å². The summed E-state index contributed by atoms with van der Waals surface area (Å²) in [5, 5.41) is 0. The molecule has 0 aliphatic rings. The fourth-order valence-corrected chi connectivity index (χ4v) is 2.55. The summed E-state index contributed by atoms with van der Waals surface area (Å²) >= 11 is 3.51. The second kappa shape index (κ2) is 7.68. The molecule has 2 nitrogen and oxygen atoms in total. The summed E-state index contributed by atoms with van der Waals surface area (Å²) in [6, 6.07) is 6.39. The number of nitrogens with zero attached hydrogens (tertiary/aromatic N) is 1. The second-order valence-corrected chi connectivity index (χ2v) is 5.94. The Morgan fingerprint density at radius 2 is 2.00 bits per heavy atom. The first kappa shape index (κ1) is 16.2. The van der Waals surface area contributed by atoms with Crippen LogP contribution in [-0.2, 0) is 4.79 Å². The summed E-state index contributed by atoms with van der Waals surface area (Å²) in [7, 11) is 0. The van der Waals surface area contributed by atoms with Gasteiger partial charge in [0.15, 0.2) is 0 Å². The van der Waals surface area contributed by atoms with Gasteiger partial charge >= 0.3 is 0 Å². The number of halogens is 1. The van der Waals surface area contributed by atoms with Gasteiger partial charge in [-0.25, -0.2) is 0 Å². The summed E-state index contributed by atoms with van der Waals surface area (Å²) in [5.41, 5.74) is 2.18. The van der Waals surface area contributed by atoms with Crippen LogP contribution in [0.2, 0.25) is 0 Å². The predicted octanol–water partition coefficient (Wildman–Crippen LogP) is 5.08. The Balaban J connectivity index is 3.07. The molecule has 1 unspecified atom stereocenters. The number of hydrogen-bond donors (Lipinski definition) is 0. The van der Waals surface area contributed by atoms with Crippen LogP contribution in [0.4, 0.5) is 5.69 Å². The largest absolute Gasteiger partial charge is 0.310 e. The Labute approximate surface area is 125 Å². The van der Waals surface area contributed by atoms with Crippen LogP contribution in [0, 0.1) is 6.92 Å². The monoisotopic (exact) mass is 325 g/mol. The van der Waals surface area contributed by atoms with Crippen LogP contribution in [0.15, 0.2) is 22.7 Å². The second-order valence-electron chi connectivity index (χ2n) is 5.08. The van der Waals surface area contributed by atoms with E-state index in [9.17, 15) is 4.79 Å². The molecule has 0 saturated heterocycles. The quantitative estimate of drug-likeness (QED) is 0.714. The maximum absolute atomic E-state index is 12.4. The summed E-state index contributed by atoms with van der Waals surface area (Å²) in [6.07, 6.45) is 3.63. The predicted molar refractivity (Wildman–Crippen MR) is 85.6 cm³/mol. The van der Waals surface area contributed by atoms with E-state index in [1.165, 1.54) is 0 Å². The SMILES string of the molecule is CCCC(=O)N(c1ccc(Br)c(C)c1)C(C)CCC. The normalized spacial score (nSPS) is 12.3. The highest BCUT2D eigenvalue weighted by Crippen LogP contribution is 2.26. The zero-order valence-electron chi connectivity index (χ0n) is 12.4. The van der Waals surface area contributed by atoms with Crippen LogP contribution in [0.1, 0.15) is 52.0 Å². The number of carbonyl (C=O) groups is 1. The lowest BCUT2D eigenvalue weighted by molar-refractivity contribution is -0.119. The standard InChI is InChI=1S/C16H24BrNO/c1-5-7-13(4)18(16(19)8-6-2)14-9-10-15(17)12(3)11-14/h9-11,13H,5-8H2,1-4H3. The molecule has 1 aromatic carbocycles. The van der Waals surface area contributed by atoms with E-state index in [0.717, 1.165) is 35.0 Å². The van der Waals surface area contributed by atoms with Crippen LogP contribution in [0.5, 0.6) is 0 Å². The van der Waals surface area contributed by atoms with Crippen LogP contribution in [-0.4, -0.2) is 11.9 Å². The molecule has 0 N–H and O–H groups in total. The molecular formula is C16H24BrNO. The Hall–Kier alpha value is -0.830. The van der Waals surface area contributed by atoms with E-state index in [0.29, 0.717) is 6.42 Å². The van der Waals surface area contributed by atoms with E-state index in [1.807, 2.05) is 24.0 Å². The molecule has 0 aliphatic heterocycles. The lowest BCUT2D eigenvalue weighted by Crippen LogP contribution is -2.38. The molecule has 0 aromatic heterocycles. The first-order valence-corrected chi connectivity index (χ1v) is 7.88. The van der Waals surface area contributed by atoms with Crippen molar-refractivity contribution in [3.05, 3.63) is 28.2 Å². The molecule has 0 radical (unpaired) electrons. The number of aryl methyl sites for hydroxylation is 1. The third-order valence-corrected chi connectivity index (χ3v) is 4.19. The highest BCUT2D eigenvalue weighted by molar-refractivity contribution is 9.10. The number of anilines is 1. The van der Waals surface area contributed by atoms with Crippen molar-refractivity contribution in [2.24, 2.45) is 0 Å². The van der Waals surface area contributed by atoms with E-state index < -0.39 is 0 Å². The average Bonchev–Trinajstić information content (AvgIpc) is 2.34. The van der Waals surface area contributed by atoms with E-state index in [-0.39, 0.29) is 11.9 Å². The fraction of sp³-hybridized carbons (Fsp3) is 0.562. The average molecular weight is 326 g/mol. The minimum Gasteiger partial charge on any atom is -0.310 e. The van der Waals surface area contributed by atoms with E-state index >= 15 is 0 Å². The smallest absolute Gasteiger partial charge is 0.227 e. The van der Waals surface area contributed by atoms with Crippen LogP contribution < -0.4 is 4.90 Å². The summed E-state index contributed by atoms with van der Waals surface area (Å²) in [4.78, 5) is 14.3. The molecule has 1 atom stereocenters. The van der Waals surface area contributed by atoms with E-state index in [4.69, 9.17) is 0 Å². The van der Waals surface area contributed by atoms with Gasteiger partial charge in [-0.15, -0.1) is 0 Å². The van der Waals surface area contributed by atoms with Gasteiger partial charge in [0.2, 0.25) is 5.91 Å². The Morgan fingerprint density at radius 1 is 1.32 bits per heavy atom. The molecule has 0 fully saturated rings. The summed E-state index contributed by atoms with van der Waals surface area (Å²) in [5.74, 6) is 0.227. The Morgan fingerprint density at radius 3 is 2.53 bits per heavy atom. The molecule has 106 valence electrons. The van der Waals surface area contributed by atoms with E-state index in [2.05, 4.69) is 42.8 Å². The van der Waals surface area contributed by atoms with Gasteiger partial charge in [0.1, 0.15) is 0 Å². The van der Waals surface area contributed by atoms with Crippen molar-refractivity contribution in [1.29, 1.82) is 0 Å². The number of amides is 1. The van der Waals surface area contributed by atoms with Gasteiger partial charge < -0.3 is 4.90 Å². The van der Waals surface area contributed by atoms with Gasteiger partial charge in [-0.3, -0.25) is 4.79 Å². The molecule has 3 heteroatoms. The molecule has 0 bridgehead atoms. The van der Waals surface area contributed by atoms with Crippen molar-refractivity contribution in [1.82, 2.24) is 0 Å². The molecule has 1 amide bonds. The number of benzene rings is 1. The highest BCUT2D eigenvalue weighted by Gasteiger charge is 2.20. The van der Waals surface area contributed by atoms with Gasteiger partial charge in [-0.05, 0) is 50.5 Å². The molecule has 19 heavy (non-hydrogen) atoms. The van der Waals surface area contributed by atoms with Crippen molar-refractivity contribution in [3.63, 3.8) is 0 Å². The number of rotatable bonds is 6. The van der Waals surface area contributed by atoms with Gasteiger partial charge in [0.25, 0.3) is 0 Å². The first-order valence-electron chi connectivity index (χ1n) is 7.09. The van der Waals surface area contributed by atoms with Crippen molar-refractivity contribution in [3.8, 4) is 0 Å². The van der Waals surface area contributed by atoms with Crippen molar-refractivity contribution in [2.75, 3.05) is 4.90 Å². The van der Waals surface area contributed by atoms with Crippen molar-refractivity contribution in [2.45, 2.75) is 59.4 Å².